The van der Waals surface area contributed by atoms with Gasteiger partial charge in [-0.05, 0) is 49.2 Å². The number of benzene rings is 2. The molecule has 4 nitrogen and oxygen atoms in total. The predicted molar refractivity (Wildman–Crippen MR) is 84.2 cm³/mol. The Hall–Kier alpha value is -2.01. The summed E-state index contributed by atoms with van der Waals surface area (Å²) in [5.74, 6) is 0.658. The van der Waals surface area contributed by atoms with Gasteiger partial charge in [-0.2, -0.15) is 0 Å². The van der Waals surface area contributed by atoms with E-state index in [0.717, 1.165) is 12.0 Å². The van der Waals surface area contributed by atoms with E-state index in [-0.39, 0.29) is 4.90 Å². The van der Waals surface area contributed by atoms with Gasteiger partial charge in [0.2, 0.25) is 0 Å². The van der Waals surface area contributed by atoms with E-state index in [1.165, 1.54) is 0 Å². The molecule has 0 unspecified atom stereocenters. The molecule has 0 spiro atoms. The molecule has 0 bridgehead atoms. The molecule has 0 radical (unpaired) electrons. The number of hydrogen-bond donors (Lipinski definition) is 1. The van der Waals surface area contributed by atoms with Crippen molar-refractivity contribution >= 4 is 15.7 Å². The zero-order valence-electron chi connectivity index (χ0n) is 12.2. The zero-order chi connectivity index (χ0) is 15.3. The van der Waals surface area contributed by atoms with E-state index in [0.29, 0.717) is 18.0 Å². The number of ether oxygens (including phenoxy) is 1. The minimum atomic E-state index is -3.58. The lowest BCUT2D eigenvalue weighted by atomic mass is 10.1. The van der Waals surface area contributed by atoms with Crippen LogP contribution in [-0.2, 0) is 16.4 Å². The Bertz CT molecular complexity index is 694. The Morgan fingerprint density at radius 2 is 1.67 bits per heavy atom. The third kappa shape index (κ3) is 3.76. The summed E-state index contributed by atoms with van der Waals surface area (Å²) in [4.78, 5) is 0.219. The van der Waals surface area contributed by atoms with Crippen molar-refractivity contribution in [3.05, 3.63) is 54.1 Å². The van der Waals surface area contributed by atoms with Crippen molar-refractivity contribution in [2.45, 2.75) is 25.2 Å². The van der Waals surface area contributed by atoms with Crippen molar-refractivity contribution in [2.24, 2.45) is 0 Å². The van der Waals surface area contributed by atoms with Crippen LogP contribution in [0.1, 0.15) is 19.4 Å². The molecule has 112 valence electrons. The van der Waals surface area contributed by atoms with E-state index >= 15 is 0 Å². The normalized spacial score (nSPS) is 11.1. The number of aryl methyl sites for hydroxylation is 1. The van der Waals surface area contributed by atoms with E-state index in [1.807, 2.05) is 32.0 Å². The van der Waals surface area contributed by atoms with E-state index in [1.54, 1.807) is 30.3 Å². The van der Waals surface area contributed by atoms with Gasteiger partial charge in [0, 0.05) is 0 Å². The van der Waals surface area contributed by atoms with Crippen LogP contribution in [0, 0.1) is 0 Å². The third-order valence-electron chi connectivity index (χ3n) is 3.09. The first-order valence-electron chi connectivity index (χ1n) is 6.90. The first kappa shape index (κ1) is 15.4. The van der Waals surface area contributed by atoms with Gasteiger partial charge in [0.25, 0.3) is 10.0 Å². The molecule has 5 heteroatoms. The SMILES string of the molecule is CCOc1ccc(S(=O)(=O)Nc2ccccc2CC)cc1. The molecule has 0 aliphatic rings. The van der Waals surface area contributed by atoms with Gasteiger partial charge in [-0.1, -0.05) is 25.1 Å². The Kier molecular flexibility index (Phi) is 4.85. The highest BCUT2D eigenvalue weighted by molar-refractivity contribution is 7.92. The molecule has 2 aromatic carbocycles. The molecule has 0 saturated heterocycles. The average Bonchev–Trinajstić information content (AvgIpc) is 2.48. The molecule has 0 amide bonds. The van der Waals surface area contributed by atoms with Crippen LogP contribution in [-0.4, -0.2) is 15.0 Å². The van der Waals surface area contributed by atoms with E-state index < -0.39 is 10.0 Å². The molecule has 0 fully saturated rings. The number of nitrogens with one attached hydrogen (secondary N) is 1. The summed E-state index contributed by atoms with van der Waals surface area (Å²) in [6.45, 7) is 4.42. The fraction of sp³-hybridized carbons (Fsp3) is 0.250. The van der Waals surface area contributed by atoms with Crippen LogP contribution in [0.25, 0.3) is 0 Å². The maximum Gasteiger partial charge on any atom is 0.261 e. The smallest absolute Gasteiger partial charge is 0.261 e. The van der Waals surface area contributed by atoms with Gasteiger partial charge >= 0.3 is 0 Å². The number of rotatable bonds is 6. The van der Waals surface area contributed by atoms with Crippen LogP contribution in [0.2, 0.25) is 0 Å². The summed E-state index contributed by atoms with van der Waals surface area (Å²) in [5, 5.41) is 0. The monoisotopic (exact) mass is 305 g/mol. The first-order chi connectivity index (χ1) is 10.1. The topological polar surface area (TPSA) is 55.4 Å². The second kappa shape index (κ2) is 6.63. The Balaban J connectivity index is 2.25. The first-order valence-corrected chi connectivity index (χ1v) is 8.38. The van der Waals surface area contributed by atoms with Gasteiger partial charge in [0.05, 0.1) is 17.2 Å². The van der Waals surface area contributed by atoms with Gasteiger partial charge in [-0.15, -0.1) is 0 Å². The van der Waals surface area contributed by atoms with E-state index in [4.69, 9.17) is 4.74 Å². The Morgan fingerprint density at radius 1 is 1.00 bits per heavy atom. The number of anilines is 1. The lowest BCUT2D eigenvalue weighted by Crippen LogP contribution is -2.14. The summed E-state index contributed by atoms with van der Waals surface area (Å²) in [6, 6.07) is 13.8. The van der Waals surface area contributed by atoms with Gasteiger partial charge < -0.3 is 4.74 Å². The molecule has 1 N–H and O–H groups in total. The Labute approximate surface area is 125 Å². The van der Waals surface area contributed by atoms with E-state index in [2.05, 4.69) is 4.72 Å². The molecule has 0 atom stereocenters. The highest BCUT2D eigenvalue weighted by Gasteiger charge is 2.15. The van der Waals surface area contributed by atoms with Crippen LogP contribution < -0.4 is 9.46 Å². The van der Waals surface area contributed by atoms with Gasteiger partial charge in [-0.3, -0.25) is 4.72 Å². The van der Waals surface area contributed by atoms with Crippen molar-refractivity contribution in [1.82, 2.24) is 0 Å². The Morgan fingerprint density at radius 3 is 2.29 bits per heavy atom. The second-order valence-electron chi connectivity index (χ2n) is 4.52. The average molecular weight is 305 g/mol. The largest absolute Gasteiger partial charge is 0.494 e. The second-order valence-corrected chi connectivity index (χ2v) is 6.20. The molecular formula is C16H19NO3S. The van der Waals surface area contributed by atoms with Crippen molar-refractivity contribution in [3.8, 4) is 5.75 Å². The molecule has 2 rings (SSSR count). The van der Waals surface area contributed by atoms with Crippen molar-refractivity contribution in [3.63, 3.8) is 0 Å². The fourth-order valence-electron chi connectivity index (χ4n) is 2.01. The summed E-state index contributed by atoms with van der Waals surface area (Å²) in [7, 11) is -3.58. The van der Waals surface area contributed by atoms with Gasteiger partial charge in [-0.25, -0.2) is 8.42 Å². The number of sulfonamides is 1. The molecule has 0 heterocycles. The van der Waals surface area contributed by atoms with Gasteiger partial charge in [0.15, 0.2) is 0 Å². The molecule has 0 aromatic heterocycles. The molecular weight excluding hydrogens is 286 g/mol. The van der Waals surface area contributed by atoms with Crippen LogP contribution >= 0.6 is 0 Å². The minimum Gasteiger partial charge on any atom is -0.494 e. The summed E-state index contributed by atoms with van der Waals surface area (Å²) in [5.41, 5.74) is 1.58. The minimum absolute atomic E-state index is 0.219. The van der Waals surface area contributed by atoms with Crippen molar-refractivity contribution in [2.75, 3.05) is 11.3 Å². The van der Waals surface area contributed by atoms with Crippen molar-refractivity contribution in [1.29, 1.82) is 0 Å². The van der Waals surface area contributed by atoms with Crippen LogP contribution in [0.3, 0.4) is 0 Å². The molecule has 0 saturated carbocycles. The number of hydrogen-bond acceptors (Lipinski definition) is 3. The molecule has 0 aliphatic heterocycles. The van der Waals surface area contributed by atoms with Crippen molar-refractivity contribution < 1.29 is 13.2 Å². The summed E-state index contributed by atoms with van der Waals surface area (Å²) < 4.78 is 32.7. The van der Waals surface area contributed by atoms with Crippen LogP contribution in [0.15, 0.2) is 53.4 Å². The summed E-state index contributed by atoms with van der Waals surface area (Å²) in [6.07, 6.45) is 0.766. The summed E-state index contributed by atoms with van der Waals surface area (Å²) >= 11 is 0. The highest BCUT2D eigenvalue weighted by atomic mass is 32.2. The molecule has 21 heavy (non-hydrogen) atoms. The standard InChI is InChI=1S/C16H19NO3S/c1-3-13-7-5-6-8-16(13)17-21(18,19)15-11-9-14(10-12-15)20-4-2/h5-12,17H,3-4H2,1-2H3. The lowest BCUT2D eigenvalue weighted by Gasteiger charge is -2.12. The zero-order valence-corrected chi connectivity index (χ0v) is 13.0. The fourth-order valence-corrected chi connectivity index (χ4v) is 3.11. The molecule has 2 aromatic rings. The molecule has 0 aliphatic carbocycles. The maximum absolute atomic E-state index is 12.4. The van der Waals surface area contributed by atoms with Gasteiger partial charge in [0.1, 0.15) is 5.75 Å². The predicted octanol–water partition coefficient (Wildman–Crippen LogP) is 3.45. The van der Waals surface area contributed by atoms with E-state index in [9.17, 15) is 8.42 Å². The number of para-hydroxylation sites is 1. The maximum atomic E-state index is 12.4. The highest BCUT2D eigenvalue weighted by Crippen LogP contribution is 2.22. The third-order valence-corrected chi connectivity index (χ3v) is 4.47. The quantitative estimate of drug-likeness (QED) is 0.889. The van der Waals surface area contributed by atoms with Crippen LogP contribution in [0.4, 0.5) is 5.69 Å². The lowest BCUT2D eigenvalue weighted by molar-refractivity contribution is 0.340. The van der Waals surface area contributed by atoms with Crippen LogP contribution in [0.5, 0.6) is 5.75 Å².